The van der Waals surface area contributed by atoms with Gasteiger partial charge in [-0.05, 0) is 36.3 Å². The van der Waals surface area contributed by atoms with Crippen LogP contribution in [0.25, 0.3) is 10.8 Å². The summed E-state index contributed by atoms with van der Waals surface area (Å²) in [6.07, 6.45) is 1.30. The van der Waals surface area contributed by atoms with Gasteiger partial charge < -0.3 is 9.64 Å². The molecule has 0 unspecified atom stereocenters. The minimum atomic E-state index is 0.426. The van der Waals surface area contributed by atoms with Crippen LogP contribution in [0.2, 0.25) is 0 Å². The number of rotatable bonds is 4. The Morgan fingerprint density at radius 3 is 2.83 bits per heavy atom. The molecule has 3 heteroatoms. The zero-order valence-electron chi connectivity index (χ0n) is 14.9. The molecule has 0 radical (unpaired) electrons. The van der Waals surface area contributed by atoms with Crippen molar-refractivity contribution in [2.45, 2.75) is 13.0 Å². The van der Waals surface area contributed by atoms with Crippen molar-refractivity contribution in [2.75, 3.05) is 46.9 Å². The molecule has 3 nitrogen and oxygen atoms in total. The number of nitrogens with zero attached hydrogens (tertiary/aromatic N) is 2. The fraction of sp³-hybridized carbons (Fsp3) is 0.524. The monoisotopic (exact) mass is 324 g/mol. The van der Waals surface area contributed by atoms with E-state index in [0.29, 0.717) is 11.3 Å². The third-order valence-electron chi connectivity index (χ3n) is 6.09. The van der Waals surface area contributed by atoms with Gasteiger partial charge in [0.1, 0.15) is 0 Å². The molecule has 2 aromatic rings. The Labute approximate surface area is 145 Å². The number of methoxy groups -OCH3 is 1. The molecular formula is C21H28N2O. The Morgan fingerprint density at radius 1 is 1.12 bits per heavy atom. The van der Waals surface area contributed by atoms with E-state index in [9.17, 15) is 0 Å². The molecule has 2 aromatic carbocycles. The summed E-state index contributed by atoms with van der Waals surface area (Å²) in [5, 5.41) is 2.75. The number of fused-ring (bicyclic) bond motifs is 1. The third kappa shape index (κ3) is 2.85. The number of hydrogen-bond acceptors (Lipinski definition) is 3. The summed E-state index contributed by atoms with van der Waals surface area (Å²) < 4.78 is 5.53. The molecule has 0 bridgehead atoms. The highest BCUT2D eigenvalue weighted by molar-refractivity contribution is 5.85. The zero-order valence-corrected chi connectivity index (χ0v) is 14.9. The summed E-state index contributed by atoms with van der Waals surface area (Å²) in [6, 6.07) is 15.4. The van der Waals surface area contributed by atoms with Crippen LogP contribution < -0.4 is 0 Å². The zero-order chi connectivity index (χ0) is 16.6. The van der Waals surface area contributed by atoms with E-state index in [2.05, 4.69) is 59.3 Å². The second-order valence-corrected chi connectivity index (χ2v) is 7.81. The maximum absolute atomic E-state index is 5.53. The van der Waals surface area contributed by atoms with E-state index in [-0.39, 0.29) is 0 Å². The summed E-state index contributed by atoms with van der Waals surface area (Å²) >= 11 is 0. The van der Waals surface area contributed by atoms with Gasteiger partial charge in [0.25, 0.3) is 0 Å². The quantitative estimate of drug-likeness (QED) is 0.859. The molecule has 2 aliphatic heterocycles. The molecule has 2 saturated heterocycles. The van der Waals surface area contributed by atoms with Crippen molar-refractivity contribution >= 4 is 10.8 Å². The second kappa shape index (κ2) is 6.47. The maximum atomic E-state index is 5.53. The van der Waals surface area contributed by atoms with Crippen molar-refractivity contribution in [2.24, 2.45) is 11.3 Å². The van der Waals surface area contributed by atoms with E-state index in [0.717, 1.165) is 13.2 Å². The van der Waals surface area contributed by atoms with Crippen LogP contribution in [0.1, 0.15) is 12.0 Å². The molecule has 0 aliphatic carbocycles. The first-order valence-electron chi connectivity index (χ1n) is 9.07. The van der Waals surface area contributed by atoms with Crippen molar-refractivity contribution in [3.63, 3.8) is 0 Å². The first-order valence-corrected chi connectivity index (χ1v) is 9.07. The molecular weight excluding hydrogens is 296 g/mol. The van der Waals surface area contributed by atoms with E-state index in [4.69, 9.17) is 4.74 Å². The number of likely N-dealkylation sites (tertiary alicyclic amines) is 2. The molecule has 0 aromatic heterocycles. The Balaban J connectivity index is 1.53. The molecule has 0 N–H and O–H groups in total. The smallest absolute Gasteiger partial charge is 0.0509 e. The van der Waals surface area contributed by atoms with Crippen LogP contribution in [0, 0.1) is 11.3 Å². The van der Waals surface area contributed by atoms with Gasteiger partial charge in [-0.2, -0.15) is 0 Å². The van der Waals surface area contributed by atoms with Gasteiger partial charge in [0.15, 0.2) is 0 Å². The van der Waals surface area contributed by atoms with Gasteiger partial charge >= 0.3 is 0 Å². The fourth-order valence-electron chi connectivity index (χ4n) is 4.98. The average molecular weight is 324 g/mol. The standard InChI is InChI=1S/C21H28N2O/c1-22-13-19(14-24-2)21(15-22)10-11-23(16-21)12-18-8-5-7-17-6-3-4-9-20(17)18/h3-9,19H,10-16H2,1-2H3/t19-,21-/m1/s1. The molecule has 2 aliphatic rings. The van der Waals surface area contributed by atoms with Crippen LogP contribution in [0.4, 0.5) is 0 Å². The SMILES string of the molecule is COC[C@H]1CN(C)C[C@@]12CCN(Cc1cccc3ccccc13)C2. The predicted octanol–water partition coefficient (Wildman–Crippen LogP) is 3.24. The molecule has 2 atom stereocenters. The lowest BCUT2D eigenvalue weighted by atomic mass is 9.77. The Kier molecular flexibility index (Phi) is 4.33. The van der Waals surface area contributed by atoms with Gasteiger partial charge in [-0.15, -0.1) is 0 Å². The van der Waals surface area contributed by atoms with Gasteiger partial charge in [0.05, 0.1) is 6.61 Å². The topological polar surface area (TPSA) is 15.7 Å². The molecule has 0 amide bonds. The van der Waals surface area contributed by atoms with Gasteiger partial charge in [0, 0.05) is 44.6 Å². The molecule has 0 saturated carbocycles. The molecule has 1 spiro atoms. The van der Waals surface area contributed by atoms with Gasteiger partial charge in [-0.1, -0.05) is 42.5 Å². The summed E-state index contributed by atoms with van der Waals surface area (Å²) in [5.41, 5.74) is 1.88. The first kappa shape index (κ1) is 16.1. The number of benzene rings is 2. The van der Waals surface area contributed by atoms with Crippen molar-refractivity contribution < 1.29 is 4.74 Å². The van der Waals surface area contributed by atoms with E-state index in [1.807, 2.05) is 7.11 Å². The second-order valence-electron chi connectivity index (χ2n) is 7.81. The number of hydrogen-bond donors (Lipinski definition) is 0. The highest BCUT2D eigenvalue weighted by atomic mass is 16.5. The summed E-state index contributed by atoms with van der Waals surface area (Å²) in [7, 11) is 4.10. The van der Waals surface area contributed by atoms with Crippen LogP contribution in [0.5, 0.6) is 0 Å². The lowest BCUT2D eigenvalue weighted by molar-refractivity contribution is 0.0959. The highest BCUT2D eigenvalue weighted by Crippen LogP contribution is 2.44. The van der Waals surface area contributed by atoms with Crippen molar-refractivity contribution in [1.82, 2.24) is 9.80 Å². The van der Waals surface area contributed by atoms with Crippen LogP contribution in [0.3, 0.4) is 0 Å². The lowest BCUT2D eigenvalue weighted by Gasteiger charge is -2.30. The van der Waals surface area contributed by atoms with E-state index >= 15 is 0 Å². The van der Waals surface area contributed by atoms with E-state index in [1.54, 1.807) is 0 Å². The minimum Gasteiger partial charge on any atom is -0.384 e. The highest BCUT2D eigenvalue weighted by Gasteiger charge is 2.49. The molecule has 2 fully saturated rings. The van der Waals surface area contributed by atoms with Crippen molar-refractivity contribution in [3.05, 3.63) is 48.0 Å². The van der Waals surface area contributed by atoms with Gasteiger partial charge in [-0.3, -0.25) is 4.90 Å². The normalized spacial score (nSPS) is 28.3. The average Bonchev–Trinajstić information content (AvgIpc) is 3.12. The van der Waals surface area contributed by atoms with Gasteiger partial charge in [-0.25, -0.2) is 0 Å². The van der Waals surface area contributed by atoms with E-state index < -0.39 is 0 Å². The van der Waals surface area contributed by atoms with E-state index in [1.165, 1.54) is 48.9 Å². The largest absolute Gasteiger partial charge is 0.384 e. The fourth-order valence-corrected chi connectivity index (χ4v) is 4.98. The van der Waals surface area contributed by atoms with Crippen molar-refractivity contribution in [1.29, 1.82) is 0 Å². The molecule has 24 heavy (non-hydrogen) atoms. The number of ether oxygens (including phenoxy) is 1. The summed E-state index contributed by atoms with van der Waals surface area (Å²) in [6.45, 7) is 6.76. The van der Waals surface area contributed by atoms with Crippen LogP contribution in [0.15, 0.2) is 42.5 Å². The van der Waals surface area contributed by atoms with Crippen LogP contribution in [-0.2, 0) is 11.3 Å². The molecule has 128 valence electrons. The lowest BCUT2D eigenvalue weighted by Crippen LogP contribution is -2.36. The van der Waals surface area contributed by atoms with Crippen LogP contribution >= 0.6 is 0 Å². The van der Waals surface area contributed by atoms with Gasteiger partial charge in [0.2, 0.25) is 0 Å². The van der Waals surface area contributed by atoms with Crippen LogP contribution in [-0.4, -0.2) is 56.7 Å². The third-order valence-corrected chi connectivity index (χ3v) is 6.09. The maximum Gasteiger partial charge on any atom is 0.0509 e. The summed E-state index contributed by atoms with van der Waals surface area (Å²) in [5.74, 6) is 0.671. The minimum absolute atomic E-state index is 0.426. The Hall–Kier alpha value is -1.42. The predicted molar refractivity (Wildman–Crippen MR) is 99.1 cm³/mol. The molecule has 4 rings (SSSR count). The molecule has 2 heterocycles. The van der Waals surface area contributed by atoms with Crippen molar-refractivity contribution in [3.8, 4) is 0 Å². The summed E-state index contributed by atoms with van der Waals surface area (Å²) in [4.78, 5) is 5.15. The Bertz CT molecular complexity index is 711. The first-order chi connectivity index (χ1) is 11.7. The Morgan fingerprint density at radius 2 is 1.96 bits per heavy atom.